The molecule has 0 aliphatic rings. The second-order valence-electron chi connectivity index (χ2n) is 4.31. The highest BCUT2D eigenvalue weighted by molar-refractivity contribution is 7.09. The Morgan fingerprint density at radius 2 is 2.17 bits per heavy atom. The van der Waals surface area contributed by atoms with E-state index in [4.69, 9.17) is 10.5 Å². The van der Waals surface area contributed by atoms with Crippen molar-refractivity contribution in [2.45, 2.75) is 25.8 Å². The molecule has 2 nitrogen and oxygen atoms in total. The van der Waals surface area contributed by atoms with E-state index in [-0.39, 0.29) is 6.04 Å². The molecule has 1 heterocycles. The summed E-state index contributed by atoms with van der Waals surface area (Å²) in [4.78, 5) is 1.32. The molecule has 1 aromatic heterocycles. The van der Waals surface area contributed by atoms with Crippen molar-refractivity contribution in [3.05, 3.63) is 52.2 Å². The van der Waals surface area contributed by atoms with Gasteiger partial charge in [0.05, 0.1) is 6.61 Å². The van der Waals surface area contributed by atoms with E-state index in [0.29, 0.717) is 0 Å². The third kappa shape index (κ3) is 3.59. The molecule has 0 spiro atoms. The Labute approximate surface area is 112 Å². The maximum absolute atomic E-state index is 6.23. The monoisotopic (exact) mass is 261 g/mol. The fourth-order valence-corrected chi connectivity index (χ4v) is 2.58. The van der Waals surface area contributed by atoms with Gasteiger partial charge < -0.3 is 10.5 Å². The molecule has 0 fully saturated rings. The van der Waals surface area contributed by atoms with Gasteiger partial charge in [-0.15, -0.1) is 11.3 Å². The topological polar surface area (TPSA) is 35.2 Å². The number of rotatable bonds is 6. The molecule has 0 radical (unpaired) electrons. The average molecular weight is 261 g/mol. The molecule has 18 heavy (non-hydrogen) atoms. The van der Waals surface area contributed by atoms with Crippen LogP contribution in [-0.2, 0) is 6.42 Å². The van der Waals surface area contributed by atoms with Crippen LogP contribution >= 0.6 is 11.3 Å². The van der Waals surface area contributed by atoms with E-state index in [9.17, 15) is 0 Å². The van der Waals surface area contributed by atoms with Crippen molar-refractivity contribution in [2.75, 3.05) is 6.61 Å². The quantitative estimate of drug-likeness (QED) is 0.859. The molecule has 3 heteroatoms. The van der Waals surface area contributed by atoms with Crippen molar-refractivity contribution < 1.29 is 4.74 Å². The van der Waals surface area contributed by atoms with Gasteiger partial charge >= 0.3 is 0 Å². The SMILES string of the molecule is CCCOc1cccc(C(N)Cc2cccs2)c1. The van der Waals surface area contributed by atoms with E-state index in [1.54, 1.807) is 11.3 Å². The lowest BCUT2D eigenvalue weighted by molar-refractivity contribution is 0.317. The first-order valence-electron chi connectivity index (χ1n) is 6.30. The highest BCUT2D eigenvalue weighted by Crippen LogP contribution is 2.22. The molecule has 0 saturated heterocycles. The van der Waals surface area contributed by atoms with Gasteiger partial charge in [0.25, 0.3) is 0 Å². The van der Waals surface area contributed by atoms with Gasteiger partial charge in [-0.05, 0) is 35.6 Å². The average Bonchev–Trinajstić information content (AvgIpc) is 2.89. The Morgan fingerprint density at radius 1 is 1.28 bits per heavy atom. The number of thiophene rings is 1. The molecule has 0 bridgehead atoms. The molecule has 0 aliphatic carbocycles. The third-order valence-electron chi connectivity index (χ3n) is 2.76. The number of ether oxygens (including phenoxy) is 1. The van der Waals surface area contributed by atoms with Crippen LogP contribution in [0.4, 0.5) is 0 Å². The molecule has 1 aromatic carbocycles. The van der Waals surface area contributed by atoms with E-state index >= 15 is 0 Å². The maximum Gasteiger partial charge on any atom is 0.119 e. The zero-order chi connectivity index (χ0) is 12.8. The summed E-state index contributed by atoms with van der Waals surface area (Å²) in [6, 6.07) is 12.3. The summed E-state index contributed by atoms with van der Waals surface area (Å²) in [6.45, 7) is 2.86. The number of benzene rings is 1. The van der Waals surface area contributed by atoms with E-state index in [1.807, 2.05) is 18.2 Å². The van der Waals surface area contributed by atoms with Crippen LogP contribution in [0.15, 0.2) is 41.8 Å². The largest absolute Gasteiger partial charge is 0.494 e. The van der Waals surface area contributed by atoms with Crippen molar-refractivity contribution in [3.63, 3.8) is 0 Å². The summed E-state index contributed by atoms with van der Waals surface area (Å²) in [7, 11) is 0. The molecular weight excluding hydrogens is 242 g/mol. The predicted molar refractivity (Wildman–Crippen MR) is 77.2 cm³/mol. The van der Waals surface area contributed by atoms with E-state index in [2.05, 4.69) is 30.5 Å². The van der Waals surface area contributed by atoms with Crippen LogP contribution in [0.2, 0.25) is 0 Å². The minimum absolute atomic E-state index is 0.0360. The fraction of sp³-hybridized carbons (Fsp3) is 0.333. The van der Waals surface area contributed by atoms with Crippen LogP contribution in [0, 0.1) is 0 Å². The normalized spacial score (nSPS) is 12.3. The number of hydrogen-bond donors (Lipinski definition) is 1. The van der Waals surface area contributed by atoms with E-state index in [1.165, 1.54) is 4.88 Å². The zero-order valence-electron chi connectivity index (χ0n) is 10.6. The maximum atomic E-state index is 6.23. The van der Waals surface area contributed by atoms with Gasteiger partial charge in [-0.3, -0.25) is 0 Å². The van der Waals surface area contributed by atoms with Crippen LogP contribution in [0.3, 0.4) is 0 Å². The van der Waals surface area contributed by atoms with Gasteiger partial charge in [0.15, 0.2) is 0 Å². The van der Waals surface area contributed by atoms with Crippen LogP contribution in [0.5, 0.6) is 5.75 Å². The number of nitrogens with two attached hydrogens (primary N) is 1. The first-order chi connectivity index (χ1) is 8.79. The van der Waals surface area contributed by atoms with Crippen molar-refractivity contribution in [1.29, 1.82) is 0 Å². The van der Waals surface area contributed by atoms with E-state index in [0.717, 1.165) is 30.8 Å². The Morgan fingerprint density at radius 3 is 2.89 bits per heavy atom. The first-order valence-corrected chi connectivity index (χ1v) is 7.18. The van der Waals surface area contributed by atoms with Gasteiger partial charge in [-0.2, -0.15) is 0 Å². The smallest absolute Gasteiger partial charge is 0.119 e. The highest BCUT2D eigenvalue weighted by Gasteiger charge is 2.08. The summed E-state index contributed by atoms with van der Waals surface area (Å²) in [5, 5.41) is 2.09. The zero-order valence-corrected chi connectivity index (χ0v) is 11.5. The lowest BCUT2D eigenvalue weighted by atomic mass is 10.0. The molecule has 2 N–H and O–H groups in total. The van der Waals surface area contributed by atoms with Gasteiger partial charge in [0.2, 0.25) is 0 Å². The second kappa shape index (κ2) is 6.57. The Kier molecular flexibility index (Phi) is 4.79. The van der Waals surface area contributed by atoms with Crippen LogP contribution in [0.1, 0.15) is 29.8 Å². The van der Waals surface area contributed by atoms with Crippen molar-refractivity contribution in [1.82, 2.24) is 0 Å². The third-order valence-corrected chi connectivity index (χ3v) is 3.66. The lowest BCUT2D eigenvalue weighted by Gasteiger charge is -2.13. The summed E-state index contributed by atoms with van der Waals surface area (Å²) < 4.78 is 5.63. The Hall–Kier alpha value is -1.32. The molecule has 2 aromatic rings. The van der Waals surface area contributed by atoms with Crippen molar-refractivity contribution >= 4 is 11.3 Å². The van der Waals surface area contributed by atoms with Gasteiger partial charge in [0.1, 0.15) is 5.75 Å². The summed E-state index contributed by atoms with van der Waals surface area (Å²) in [5.74, 6) is 0.913. The van der Waals surface area contributed by atoms with Crippen LogP contribution in [-0.4, -0.2) is 6.61 Å². The standard InChI is InChI=1S/C15H19NOS/c1-2-8-17-13-6-3-5-12(10-13)15(16)11-14-7-4-9-18-14/h3-7,9-10,15H,2,8,11,16H2,1H3. The first kappa shape index (κ1) is 13.1. The van der Waals surface area contributed by atoms with Gasteiger partial charge in [0, 0.05) is 17.3 Å². The van der Waals surface area contributed by atoms with Crippen LogP contribution in [0.25, 0.3) is 0 Å². The van der Waals surface area contributed by atoms with Gasteiger partial charge in [-0.25, -0.2) is 0 Å². The predicted octanol–water partition coefficient (Wildman–Crippen LogP) is 3.78. The molecule has 1 unspecified atom stereocenters. The molecule has 0 saturated carbocycles. The summed E-state index contributed by atoms with van der Waals surface area (Å²) in [5.41, 5.74) is 7.37. The molecule has 1 atom stereocenters. The minimum atomic E-state index is 0.0360. The van der Waals surface area contributed by atoms with Crippen molar-refractivity contribution in [2.24, 2.45) is 5.73 Å². The Balaban J connectivity index is 2.03. The van der Waals surface area contributed by atoms with E-state index < -0.39 is 0 Å². The molecule has 96 valence electrons. The second-order valence-corrected chi connectivity index (χ2v) is 5.34. The van der Waals surface area contributed by atoms with Crippen LogP contribution < -0.4 is 10.5 Å². The summed E-state index contributed by atoms with van der Waals surface area (Å²) >= 11 is 1.75. The highest BCUT2D eigenvalue weighted by atomic mass is 32.1. The molecular formula is C15H19NOS. The Bertz CT molecular complexity index is 467. The molecule has 0 amide bonds. The number of hydrogen-bond acceptors (Lipinski definition) is 3. The summed E-state index contributed by atoms with van der Waals surface area (Å²) in [6.07, 6.45) is 1.90. The fourth-order valence-electron chi connectivity index (χ4n) is 1.82. The molecule has 2 rings (SSSR count). The van der Waals surface area contributed by atoms with Crippen molar-refractivity contribution in [3.8, 4) is 5.75 Å². The molecule has 0 aliphatic heterocycles. The minimum Gasteiger partial charge on any atom is -0.494 e. The lowest BCUT2D eigenvalue weighted by Crippen LogP contribution is -2.12. The van der Waals surface area contributed by atoms with Gasteiger partial charge in [-0.1, -0.05) is 25.1 Å².